The highest BCUT2D eigenvalue weighted by molar-refractivity contribution is 7.91. The van der Waals surface area contributed by atoms with Crippen molar-refractivity contribution in [2.45, 2.75) is 17.0 Å². The molecule has 0 aliphatic carbocycles. The molecule has 0 saturated carbocycles. The summed E-state index contributed by atoms with van der Waals surface area (Å²) < 4.78 is 26.4. The summed E-state index contributed by atoms with van der Waals surface area (Å²) in [6, 6.07) is 27.5. The number of sulfone groups is 1. The predicted octanol–water partition coefficient (Wildman–Crippen LogP) is 4.95. The fourth-order valence-electron chi connectivity index (χ4n) is 2.88. The monoisotopic (exact) mass is 386 g/mol. The van der Waals surface area contributed by atoms with Gasteiger partial charge in [0.05, 0.1) is 16.3 Å². The molecule has 0 amide bonds. The number of aryl methyl sites for hydroxylation is 1. The zero-order valence-electron chi connectivity index (χ0n) is 15.3. The fraction of sp³-hybridized carbons (Fsp3) is 0.0435. The lowest BCUT2D eigenvalue weighted by Gasteiger charge is -2.10. The third-order valence-electron chi connectivity index (χ3n) is 4.42. The van der Waals surface area contributed by atoms with E-state index in [1.165, 1.54) is 0 Å². The summed E-state index contributed by atoms with van der Waals surface area (Å²) in [6.45, 7) is 1.91. The molecule has 5 heteroatoms. The minimum atomic E-state index is -3.84. The van der Waals surface area contributed by atoms with Crippen LogP contribution < -0.4 is 0 Å². The van der Waals surface area contributed by atoms with E-state index in [-0.39, 0.29) is 10.1 Å². The number of nitrogens with zero attached hydrogens (tertiary/aromatic N) is 2. The Morgan fingerprint density at radius 3 is 1.57 bits per heavy atom. The maximum atomic E-state index is 13.2. The molecule has 0 spiro atoms. The van der Waals surface area contributed by atoms with Crippen molar-refractivity contribution >= 4 is 9.84 Å². The Kier molecular flexibility index (Phi) is 4.75. The summed E-state index contributed by atoms with van der Waals surface area (Å²) in [6.07, 6.45) is 0. The first-order valence-corrected chi connectivity index (χ1v) is 10.3. The van der Waals surface area contributed by atoms with Crippen LogP contribution in [0.25, 0.3) is 22.5 Å². The normalized spacial score (nSPS) is 11.3. The molecule has 138 valence electrons. The zero-order valence-corrected chi connectivity index (χ0v) is 16.1. The molecule has 0 bridgehead atoms. The van der Waals surface area contributed by atoms with Gasteiger partial charge in [0, 0.05) is 11.1 Å². The van der Waals surface area contributed by atoms with Gasteiger partial charge in [0.2, 0.25) is 9.84 Å². The number of aromatic nitrogens is 2. The summed E-state index contributed by atoms with van der Waals surface area (Å²) in [5.74, 6) is 0. The molecule has 0 fully saturated rings. The Labute approximate surface area is 164 Å². The molecular weight excluding hydrogens is 368 g/mol. The van der Waals surface area contributed by atoms with Gasteiger partial charge in [0.25, 0.3) is 5.16 Å². The summed E-state index contributed by atoms with van der Waals surface area (Å²) in [5, 5.41) is -0.198. The molecule has 0 unspecified atom stereocenters. The molecule has 0 radical (unpaired) electrons. The summed E-state index contributed by atoms with van der Waals surface area (Å²) in [7, 11) is -3.84. The minimum absolute atomic E-state index is 0.183. The van der Waals surface area contributed by atoms with Crippen molar-refractivity contribution in [2.75, 3.05) is 0 Å². The van der Waals surface area contributed by atoms with Crippen molar-refractivity contribution < 1.29 is 8.42 Å². The highest BCUT2D eigenvalue weighted by Crippen LogP contribution is 2.27. The van der Waals surface area contributed by atoms with Crippen LogP contribution in [0.3, 0.4) is 0 Å². The van der Waals surface area contributed by atoms with Gasteiger partial charge in [-0.3, -0.25) is 0 Å². The van der Waals surface area contributed by atoms with E-state index >= 15 is 0 Å². The number of benzene rings is 3. The Morgan fingerprint density at radius 1 is 0.643 bits per heavy atom. The first-order chi connectivity index (χ1) is 13.5. The van der Waals surface area contributed by atoms with Gasteiger partial charge in [-0.1, -0.05) is 78.4 Å². The Hall–Kier alpha value is -3.31. The van der Waals surface area contributed by atoms with Crippen molar-refractivity contribution in [3.8, 4) is 22.5 Å². The maximum Gasteiger partial charge on any atom is 0.253 e. The van der Waals surface area contributed by atoms with Gasteiger partial charge in [-0.15, -0.1) is 0 Å². The van der Waals surface area contributed by atoms with Crippen molar-refractivity contribution in [1.82, 2.24) is 9.97 Å². The first-order valence-electron chi connectivity index (χ1n) is 8.86. The Morgan fingerprint density at radius 2 is 1.11 bits per heavy atom. The standard InChI is InChI=1S/C23H18N2O2S/c1-17-12-14-20(15-13-17)28(26,27)23-24-21(18-8-4-2-5-9-18)16-22(25-23)19-10-6-3-7-11-19/h2-16H,1H3. The number of rotatable bonds is 4. The van der Waals surface area contributed by atoms with E-state index in [0.29, 0.717) is 11.4 Å². The van der Waals surface area contributed by atoms with Crippen LogP contribution in [0.4, 0.5) is 0 Å². The molecule has 3 aromatic carbocycles. The van der Waals surface area contributed by atoms with E-state index in [0.717, 1.165) is 16.7 Å². The van der Waals surface area contributed by atoms with E-state index in [1.54, 1.807) is 24.3 Å². The average molecular weight is 386 g/mol. The maximum absolute atomic E-state index is 13.2. The lowest BCUT2D eigenvalue weighted by molar-refractivity contribution is 0.587. The second kappa shape index (κ2) is 7.37. The Balaban J connectivity index is 1.93. The van der Waals surface area contributed by atoms with Crippen molar-refractivity contribution in [2.24, 2.45) is 0 Å². The molecule has 1 aromatic heterocycles. The largest absolute Gasteiger partial charge is 0.253 e. The van der Waals surface area contributed by atoms with Crippen LogP contribution in [0.2, 0.25) is 0 Å². The minimum Gasteiger partial charge on any atom is -0.218 e. The van der Waals surface area contributed by atoms with Gasteiger partial charge in [-0.05, 0) is 25.1 Å². The van der Waals surface area contributed by atoms with Gasteiger partial charge < -0.3 is 0 Å². The molecule has 0 atom stereocenters. The van der Waals surface area contributed by atoms with Crippen LogP contribution in [0.1, 0.15) is 5.56 Å². The number of hydrogen-bond acceptors (Lipinski definition) is 4. The van der Waals surface area contributed by atoms with Crippen LogP contribution in [-0.2, 0) is 9.84 Å². The third kappa shape index (κ3) is 3.57. The molecule has 4 rings (SSSR count). The van der Waals surface area contributed by atoms with E-state index in [2.05, 4.69) is 9.97 Å². The quantitative estimate of drug-likeness (QED) is 0.466. The molecule has 4 nitrogen and oxygen atoms in total. The van der Waals surface area contributed by atoms with Gasteiger partial charge in [-0.2, -0.15) is 0 Å². The fourth-order valence-corrected chi connectivity index (χ4v) is 4.02. The van der Waals surface area contributed by atoms with Gasteiger partial charge in [-0.25, -0.2) is 18.4 Å². The van der Waals surface area contributed by atoms with E-state index < -0.39 is 9.84 Å². The zero-order chi connectivity index (χ0) is 19.6. The van der Waals surface area contributed by atoms with Crippen molar-refractivity contribution in [3.05, 3.63) is 96.6 Å². The van der Waals surface area contributed by atoms with Gasteiger partial charge in [0.1, 0.15) is 0 Å². The smallest absolute Gasteiger partial charge is 0.218 e. The first kappa shape index (κ1) is 18.1. The highest BCUT2D eigenvalue weighted by atomic mass is 32.2. The van der Waals surface area contributed by atoms with Crippen LogP contribution in [-0.4, -0.2) is 18.4 Å². The molecule has 0 saturated heterocycles. The van der Waals surface area contributed by atoms with Crippen LogP contribution >= 0.6 is 0 Å². The van der Waals surface area contributed by atoms with Crippen LogP contribution in [0.15, 0.2) is 101 Å². The average Bonchev–Trinajstić information content (AvgIpc) is 2.75. The lowest BCUT2D eigenvalue weighted by atomic mass is 10.1. The summed E-state index contributed by atoms with van der Waals surface area (Å²) >= 11 is 0. The van der Waals surface area contributed by atoms with Gasteiger partial charge in [0.15, 0.2) is 0 Å². The molecule has 28 heavy (non-hydrogen) atoms. The SMILES string of the molecule is Cc1ccc(S(=O)(=O)c2nc(-c3ccccc3)cc(-c3ccccc3)n2)cc1. The lowest BCUT2D eigenvalue weighted by Crippen LogP contribution is -2.09. The molecule has 0 aliphatic rings. The second-order valence-electron chi connectivity index (χ2n) is 6.47. The molecular formula is C23H18N2O2S. The van der Waals surface area contributed by atoms with E-state index in [4.69, 9.17) is 0 Å². The molecule has 0 N–H and O–H groups in total. The van der Waals surface area contributed by atoms with E-state index in [1.807, 2.05) is 73.7 Å². The van der Waals surface area contributed by atoms with Gasteiger partial charge >= 0.3 is 0 Å². The van der Waals surface area contributed by atoms with E-state index in [9.17, 15) is 8.42 Å². The third-order valence-corrected chi connectivity index (χ3v) is 5.97. The topological polar surface area (TPSA) is 59.9 Å². The summed E-state index contributed by atoms with van der Waals surface area (Å²) in [5.41, 5.74) is 3.80. The molecule has 4 aromatic rings. The molecule has 0 aliphatic heterocycles. The van der Waals surface area contributed by atoms with Crippen LogP contribution in [0.5, 0.6) is 0 Å². The summed E-state index contributed by atoms with van der Waals surface area (Å²) in [4.78, 5) is 8.98. The van der Waals surface area contributed by atoms with Crippen molar-refractivity contribution in [3.63, 3.8) is 0 Å². The van der Waals surface area contributed by atoms with Crippen LogP contribution in [0, 0.1) is 6.92 Å². The molecule has 1 heterocycles. The second-order valence-corrected chi connectivity index (χ2v) is 8.31. The van der Waals surface area contributed by atoms with Crippen molar-refractivity contribution in [1.29, 1.82) is 0 Å². The predicted molar refractivity (Wildman–Crippen MR) is 110 cm³/mol. The number of hydrogen-bond donors (Lipinski definition) is 0. The Bertz CT molecular complexity index is 1150. The highest BCUT2D eigenvalue weighted by Gasteiger charge is 2.23.